The van der Waals surface area contributed by atoms with Crippen molar-refractivity contribution in [2.75, 3.05) is 25.6 Å². The van der Waals surface area contributed by atoms with Crippen LogP contribution in [0.25, 0.3) is 0 Å². The first kappa shape index (κ1) is 26.2. The minimum Gasteiger partial charge on any atom is -0.490 e. The summed E-state index contributed by atoms with van der Waals surface area (Å²) < 4.78 is 17.7. The summed E-state index contributed by atoms with van der Waals surface area (Å²) in [5, 5.41) is 14.0. The van der Waals surface area contributed by atoms with Gasteiger partial charge in [-0.05, 0) is 104 Å². The summed E-state index contributed by atoms with van der Waals surface area (Å²) in [6.45, 7) is 5.02. The van der Waals surface area contributed by atoms with Crippen LogP contribution >= 0.6 is 11.6 Å². The van der Waals surface area contributed by atoms with Crippen molar-refractivity contribution in [3.63, 3.8) is 0 Å². The molecular weight excluding hydrogens is 490 g/mol. The van der Waals surface area contributed by atoms with Gasteiger partial charge in [0.1, 0.15) is 5.54 Å². The van der Waals surface area contributed by atoms with Gasteiger partial charge in [-0.3, -0.25) is 0 Å². The molecule has 3 atom stereocenters. The van der Waals surface area contributed by atoms with E-state index in [1.807, 2.05) is 24.3 Å². The molecule has 2 N–H and O–H groups in total. The van der Waals surface area contributed by atoms with Gasteiger partial charge in [-0.2, -0.15) is 0 Å². The van der Waals surface area contributed by atoms with Crippen molar-refractivity contribution in [3.8, 4) is 11.5 Å². The Bertz CT molecular complexity index is 1140. The second-order valence-corrected chi connectivity index (χ2v) is 11.7. The largest absolute Gasteiger partial charge is 0.490 e. The number of rotatable bonds is 6. The Hall–Kier alpha value is -2.44. The number of ether oxygens (including phenoxy) is 3. The number of methoxy groups -OCH3 is 1. The molecule has 2 aromatic rings. The fourth-order valence-corrected chi connectivity index (χ4v) is 7.01. The van der Waals surface area contributed by atoms with Crippen LogP contribution in [0.4, 0.5) is 5.69 Å². The lowest BCUT2D eigenvalue weighted by atomic mass is 9.59. The van der Waals surface area contributed by atoms with Gasteiger partial charge in [-0.25, -0.2) is 4.79 Å². The summed E-state index contributed by atoms with van der Waals surface area (Å²) in [5.74, 6) is 1.99. The average Bonchev–Trinajstić information content (AvgIpc) is 3.02. The van der Waals surface area contributed by atoms with Crippen LogP contribution in [0.3, 0.4) is 0 Å². The van der Waals surface area contributed by atoms with Gasteiger partial charge in [-0.15, -0.1) is 0 Å². The third-order valence-electron chi connectivity index (χ3n) is 8.84. The van der Waals surface area contributed by atoms with E-state index >= 15 is 0 Å². The number of carbonyl (C=O) groups excluding carboxylic acids is 1. The fraction of sp³-hybridized carbons (Fsp3) is 0.567. The first-order chi connectivity index (χ1) is 17.8. The number of hydrogen-bond acceptors (Lipinski definition) is 6. The summed E-state index contributed by atoms with van der Waals surface area (Å²) in [6, 6.07) is 11.9. The van der Waals surface area contributed by atoms with Gasteiger partial charge in [-0.1, -0.05) is 24.6 Å². The summed E-state index contributed by atoms with van der Waals surface area (Å²) in [5.41, 5.74) is 2.53. The van der Waals surface area contributed by atoms with Crippen LogP contribution in [0.1, 0.15) is 63.5 Å². The lowest BCUT2D eigenvalue weighted by Gasteiger charge is -2.47. The zero-order valence-electron chi connectivity index (χ0n) is 22.0. The Kier molecular flexibility index (Phi) is 7.34. The van der Waals surface area contributed by atoms with E-state index in [9.17, 15) is 9.90 Å². The lowest BCUT2D eigenvalue weighted by Crippen LogP contribution is -2.53. The van der Waals surface area contributed by atoms with Gasteiger partial charge >= 0.3 is 5.97 Å². The minimum atomic E-state index is -0.819. The van der Waals surface area contributed by atoms with Crippen LogP contribution in [0.2, 0.25) is 5.02 Å². The molecule has 2 aromatic carbocycles. The lowest BCUT2D eigenvalue weighted by molar-refractivity contribution is -0.148. The molecule has 1 heterocycles. The Labute approximate surface area is 224 Å². The Balaban J connectivity index is 1.50. The van der Waals surface area contributed by atoms with E-state index in [1.165, 1.54) is 18.2 Å². The Morgan fingerprint density at radius 2 is 2.00 bits per heavy atom. The van der Waals surface area contributed by atoms with Crippen molar-refractivity contribution >= 4 is 23.3 Å². The molecule has 1 fully saturated rings. The molecule has 6 nitrogen and oxygen atoms in total. The number of aliphatic hydroxyl groups excluding tert-OH is 1. The summed E-state index contributed by atoms with van der Waals surface area (Å²) in [6.07, 6.45) is 5.78. The Morgan fingerprint density at radius 1 is 1.22 bits per heavy atom. The van der Waals surface area contributed by atoms with Gasteiger partial charge in [0.25, 0.3) is 0 Å². The van der Waals surface area contributed by atoms with Crippen molar-refractivity contribution in [3.05, 3.63) is 52.5 Å². The molecule has 0 aromatic heterocycles. The predicted octanol–water partition coefficient (Wildman–Crippen LogP) is 5.92. The molecular formula is C30H38ClNO5. The highest BCUT2D eigenvalue weighted by Gasteiger charge is 2.54. The number of aliphatic hydroxyl groups is 1. The Morgan fingerprint density at radius 3 is 2.70 bits per heavy atom. The van der Waals surface area contributed by atoms with Crippen molar-refractivity contribution < 1.29 is 24.1 Å². The molecule has 0 unspecified atom stereocenters. The van der Waals surface area contributed by atoms with E-state index in [1.54, 1.807) is 0 Å². The third kappa shape index (κ3) is 4.90. The molecule has 7 heteroatoms. The monoisotopic (exact) mass is 527 g/mol. The summed E-state index contributed by atoms with van der Waals surface area (Å²) in [7, 11) is 1.46. The molecule has 0 amide bonds. The van der Waals surface area contributed by atoms with E-state index in [4.69, 9.17) is 25.8 Å². The number of esters is 1. The molecule has 1 saturated carbocycles. The van der Waals surface area contributed by atoms with Crippen molar-refractivity contribution in [2.24, 2.45) is 11.8 Å². The number of benzene rings is 2. The smallest absolute Gasteiger partial charge is 0.331 e. The molecule has 37 heavy (non-hydrogen) atoms. The number of halogens is 1. The first-order valence-corrected chi connectivity index (χ1v) is 13.9. The second kappa shape index (κ2) is 10.4. The van der Waals surface area contributed by atoms with Gasteiger partial charge in [0.05, 0.1) is 19.8 Å². The molecule has 3 aliphatic rings. The molecule has 200 valence electrons. The van der Waals surface area contributed by atoms with Crippen molar-refractivity contribution in [1.29, 1.82) is 0 Å². The van der Waals surface area contributed by atoms with Crippen molar-refractivity contribution in [2.45, 2.75) is 75.9 Å². The summed E-state index contributed by atoms with van der Waals surface area (Å²) in [4.78, 5) is 13.2. The summed E-state index contributed by atoms with van der Waals surface area (Å²) >= 11 is 6.24. The third-order valence-corrected chi connectivity index (χ3v) is 9.08. The molecule has 0 saturated heterocycles. The van der Waals surface area contributed by atoms with E-state index in [0.29, 0.717) is 30.4 Å². The van der Waals surface area contributed by atoms with Gasteiger partial charge in [0.15, 0.2) is 11.5 Å². The maximum Gasteiger partial charge on any atom is 0.331 e. The van der Waals surface area contributed by atoms with E-state index in [-0.39, 0.29) is 30.0 Å². The molecule has 0 radical (unpaired) electrons. The van der Waals surface area contributed by atoms with E-state index in [2.05, 4.69) is 31.3 Å². The number of fused-ring (bicyclic) bond motifs is 3. The van der Waals surface area contributed by atoms with Crippen LogP contribution in [0, 0.1) is 11.8 Å². The topological polar surface area (TPSA) is 77.0 Å². The van der Waals surface area contributed by atoms with Gasteiger partial charge in [0.2, 0.25) is 0 Å². The second-order valence-electron chi connectivity index (χ2n) is 11.3. The van der Waals surface area contributed by atoms with E-state index in [0.717, 1.165) is 49.3 Å². The van der Waals surface area contributed by atoms with Crippen LogP contribution in [-0.4, -0.2) is 43.0 Å². The van der Waals surface area contributed by atoms with Crippen LogP contribution in [0.15, 0.2) is 36.4 Å². The number of nitrogens with one attached hydrogen (secondary N) is 1. The van der Waals surface area contributed by atoms with Crippen LogP contribution in [-0.2, 0) is 21.4 Å². The fourth-order valence-electron chi connectivity index (χ4n) is 6.82. The highest BCUT2D eigenvalue weighted by molar-refractivity contribution is 6.30. The van der Waals surface area contributed by atoms with Gasteiger partial charge in [0, 0.05) is 23.7 Å². The zero-order valence-corrected chi connectivity index (χ0v) is 22.8. The molecule has 1 aliphatic heterocycles. The SMILES string of the molecule is COC(=O)C1(Nc2cccc(Cl)c2)CCC2(CC1)c1cc3c(cc1C[C@@H]2C[C@@H](C)CO)OCC[C@@H](C)O3. The maximum atomic E-state index is 13.2. The first-order valence-electron chi connectivity index (χ1n) is 13.5. The maximum absolute atomic E-state index is 13.2. The highest BCUT2D eigenvalue weighted by atomic mass is 35.5. The number of anilines is 1. The highest BCUT2D eigenvalue weighted by Crippen LogP contribution is 2.58. The standard InChI is InChI=1S/C30H38ClNO5/c1-19(18-33)13-22-14-21-15-26-27(37-20(2)7-12-36-26)17-25(21)29(22)8-10-30(11-9-29,28(34)35-3)32-24-6-4-5-23(31)16-24/h4-6,15-17,19-20,22,32-33H,7-14,18H2,1-3H3/t19-,20-,22+,29?,30?/m1/s1. The molecule has 1 spiro atoms. The van der Waals surface area contributed by atoms with Crippen LogP contribution < -0.4 is 14.8 Å². The van der Waals surface area contributed by atoms with Crippen LogP contribution in [0.5, 0.6) is 11.5 Å². The zero-order chi connectivity index (χ0) is 26.2. The normalized spacial score (nSPS) is 29.3. The van der Waals surface area contributed by atoms with Gasteiger partial charge < -0.3 is 24.6 Å². The minimum absolute atomic E-state index is 0.0970. The predicted molar refractivity (Wildman–Crippen MR) is 145 cm³/mol. The molecule has 2 aliphatic carbocycles. The molecule has 5 rings (SSSR count). The van der Waals surface area contributed by atoms with Crippen molar-refractivity contribution in [1.82, 2.24) is 0 Å². The number of carbonyl (C=O) groups is 1. The quantitative estimate of drug-likeness (QED) is 0.454. The average molecular weight is 528 g/mol. The van der Waals surface area contributed by atoms with E-state index < -0.39 is 5.54 Å². The molecule has 0 bridgehead atoms. The number of hydrogen-bond donors (Lipinski definition) is 2.